The highest BCUT2D eigenvalue weighted by Crippen LogP contribution is 2.30. The molecular formula is C18H25NO4. The van der Waals surface area contributed by atoms with Crippen molar-refractivity contribution in [2.75, 3.05) is 11.4 Å². The Morgan fingerprint density at radius 3 is 2.65 bits per heavy atom. The van der Waals surface area contributed by atoms with Gasteiger partial charge in [-0.1, -0.05) is 19.1 Å². The Balaban J connectivity index is 2.20. The van der Waals surface area contributed by atoms with Crippen LogP contribution in [0.25, 0.3) is 0 Å². The number of carboxylic acid groups (broad SMARTS) is 1. The number of carbonyl (C=O) groups excluding carboxylic acids is 1. The van der Waals surface area contributed by atoms with Gasteiger partial charge in [-0.3, -0.25) is 9.69 Å². The van der Waals surface area contributed by atoms with Crippen LogP contribution >= 0.6 is 0 Å². The van der Waals surface area contributed by atoms with Crippen LogP contribution in [-0.4, -0.2) is 29.3 Å². The molecule has 1 aliphatic heterocycles. The van der Waals surface area contributed by atoms with Crippen molar-refractivity contribution in [3.63, 3.8) is 0 Å². The predicted molar refractivity (Wildman–Crippen MR) is 88.8 cm³/mol. The van der Waals surface area contributed by atoms with Crippen LogP contribution < -0.4 is 4.90 Å². The summed E-state index contributed by atoms with van der Waals surface area (Å²) in [6, 6.07) is 5.83. The van der Waals surface area contributed by atoms with E-state index in [2.05, 4.69) is 0 Å². The summed E-state index contributed by atoms with van der Waals surface area (Å²) in [4.78, 5) is 25.0. The van der Waals surface area contributed by atoms with Crippen molar-refractivity contribution in [1.29, 1.82) is 0 Å². The number of ether oxygens (including phenoxy) is 1. The molecule has 126 valence electrons. The maximum absolute atomic E-state index is 12.4. The van der Waals surface area contributed by atoms with E-state index < -0.39 is 17.5 Å². The van der Waals surface area contributed by atoms with Gasteiger partial charge in [0, 0.05) is 6.54 Å². The molecule has 0 saturated carbocycles. The van der Waals surface area contributed by atoms with Crippen LogP contribution in [0, 0.1) is 5.92 Å². The fraction of sp³-hybridized carbons (Fsp3) is 0.556. The lowest BCUT2D eigenvalue weighted by atomic mass is 9.95. The maximum Gasteiger partial charge on any atom is 0.414 e. The fourth-order valence-corrected chi connectivity index (χ4v) is 2.72. The first-order valence-electron chi connectivity index (χ1n) is 8.02. The van der Waals surface area contributed by atoms with Gasteiger partial charge in [0.1, 0.15) is 5.60 Å². The lowest BCUT2D eigenvalue weighted by Gasteiger charge is -2.32. The Kier molecular flexibility index (Phi) is 4.97. The third-order valence-electron chi connectivity index (χ3n) is 3.84. The summed E-state index contributed by atoms with van der Waals surface area (Å²) in [7, 11) is 0. The van der Waals surface area contributed by atoms with Gasteiger partial charge in [-0.25, -0.2) is 4.79 Å². The molecule has 1 atom stereocenters. The molecule has 0 spiro atoms. The molecule has 1 N–H and O–H groups in total. The number of fused-ring (bicyclic) bond motifs is 1. The van der Waals surface area contributed by atoms with Crippen molar-refractivity contribution < 1.29 is 19.4 Å². The number of hydrogen-bond acceptors (Lipinski definition) is 3. The molecule has 1 aromatic carbocycles. The smallest absolute Gasteiger partial charge is 0.414 e. The van der Waals surface area contributed by atoms with Crippen molar-refractivity contribution in [2.24, 2.45) is 5.92 Å². The van der Waals surface area contributed by atoms with Crippen molar-refractivity contribution in [3.8, 4) is 0 Å². The third-order valence-corrected chi connectivity index (χ3v) is 3.84. The first-order chi connectivity index (χ1) is 10.7. The van der Waals surface area contributed by atoms with Crippen molar-refractivity contribution in [3.05, 3.63) is 29.3 Å². The zero-order valence-corrected chi connectivity index (χ0v) is 14.3. The number of rotatable bonds is 3. The average molecular weight is 319 g/mol. The zero-order valence-electron chi connectivity index (χ0n) is 14.3. The van der Waals surface area contributed by atoms with Crippen molar-refractivity contribution in [2.45, 2.75) is 52.6 Å². The number of aliphatic carboxylic acids is 1. The minimum Gasteiger partial charge on any atom is -0.481 e. The van der Waals surface area contributed by atoms with E-state index in [4.69, 9.17) is 9.84 Å². The normalized spacial score (nSPS) is 15.7. The Hall–Kier alpha value is -2.04. The lowest BCUT2D eigenvalue weighted by molar-refractivity contribution is -0.141. The minimum atomic E-state index is -0.793. The second-order valence-corrected chi connectivity index (χ2v) is 7.14. The van der Waals surface area contributed by atoms with Crippen LogP contribution in [0.15, 0.2) is 18.2 Å². The number of aryl methyl sites for hydroxylation is 1. The SMILES string of the molecule is CC(Cc1ccc2c(c1)CCCN2C(=O)OC(C)(C)C)C(=O)O. The van der Waals surface area contributed by atoms with E-state index in [1.807, 2.05) is 39.0 Å². The van der Waals surface area contributed by atoms with Crippen LogP contribution in [0.4, 0.5) is 10.5 Å². The molecule has 0 aliphatic carbocycles. The van der Waals surface area contributed by atoms with E-state index in [1.54, 1.807) is 11.8 Å². The molecule has 0 bridgehead atoms. The summed E-state index contributed by atoms with van der Waals surface area (Å²) in [6.07, 6.45) is 1.94. The molecular weight excluding hydrogens is 294 g/mol. The highest BCUT2D eigenvalue weighted by atomic mass is 16.6. The summed E-state index contributed by atoms with van der Waals surface area (Å²) >= 11 is 0. The van der Waals surface area contributed by atoms with Crippen LogP contribution in [0.1, 0.15) is 45.2 Å². The quantitative estimate of drug-likeness (QED) is 0.923. The van der Waals surface area contributed by atoms with E-state index in [1.165, 1.54) is 0 Å². The Morgan fingerprint density at radius 2 is 2.04 bits per heavy atom. The van der Waals surface area contributed by atoms with Crippen LogP contribution in [-0.2, 0) is 22.4 Å². The van der Waals surface area contributed by atoms with Gasteiger partial charge in [0.05, 0.1) is 11.6 Å². The molecule has 1 unspecified atom stereocenters. The van der Waals surface area contributed by atoms with Gasteiger partial charge < -0.3 is 9.84 Å². The Morgan fingerprint density at radius 1 is 1.35 bits per heavy atom. The molecule has 2 rings (SSSR count). The van der Waals surface area contributed by atoms with Gasteiger partial charge in [0.2, 0.25) is 0 Å². The average Bonchev–Trinajstić information content (AvgIpc) is 2.44. The van der Waals surface area contributed by atoms with Crippen LogP contribution in [0.5, 0.6) is 0 Å². The van der Waals surface area contributed by atoms with Crippen LogP contribution in [0.3, 0.4) is 0 Å². The predicted octanol–water partition coefficient (Wildman–Crippen LogP) is 3.64. The first kappa shape index (κ1) is 17.3. The number of nitrogens with zero attached hydrogens (tertiary/aromatic N) is 1. The van der Waals surface area contributed by atoms with E-state index in [0.29, 0.717) is 13.0 Å². The summed E-state index contributed by atoms with van der Waals surface area (Å²) in [5, 5.41) is 9.04. The molecule has 1 amide bonds. The van der Waals surface area contributed by atoms with Crippen LogP contribution in [0.2, 0.25) is 0 Å². The number of carbonyl (C=O) groups is 2. The van der Waals surface area contributed by atoms with Gasteiger partial charge in [-0.2, -0.15) is 0 Å². The van der Waals surface area contributed by atoms with Gasteiger partial charge >= 0.3 is 12.1 Å². The van der Waals surface area contributed by atoms with Gasteiger partial charge in [0.25, 0.3) is 0 Å². The van der Waals surface area contributed by atoms with Gasteiger partial charge in [-0.15, -0.1) is 0 Å². The molecule has 0 fully saturated rings. The number of benzene rings is 1. The summed E-state index contributed by atoms with van der Waals surface area (Å²) in [5.74, 6) is -1.21. The molecule has 5 nitrogen and oxygen atoms in total. The second kappa shape index (κ2) is 6.60. The van der Waals surface area contributed by atoms with E-state index in [0.717, 1.165) is 29.7 Å². The topological polar surface area (TPSA) is 66.8 Å². The van der Waals surface area contributed by atoms with Gasteiger partial charge in [-0.05, 0) is 57.2 Å². The number of amides is 1. The number of carboxylic acids is 1. The summed E-state index contributed by atoms with van der Waals surface area (Å²) in [6.45, 7) is 7.91. The number of anilines is 1. The zero-order chi connectivity index (χ0) is 17.2. The monoisotopic (exact) mass is 319 g/mol. The highest BCUT2D eigenvalue weighted by molar-refractivity contribution is 5.89. The molecule has 1 aliphatic rings. The van der Waals surface area contributed by atoms with Gasteiger partial charge in [0.15, 0.2) is 0 Å². The van der Waals surface area contributed by atoms with Crippen molar-refractivity contribution in [1.82, 2.24) is 0 Å². The summed E-state index contributed by atoms with van der Waals surface area (Å²) < 4.78 is 5.47. The highest BCUT2D eigenvalue weighted by Gasteiger charge is 2.27. The Labute approximate surface area is 137 Å². The minimum absolute atomic E-state index is 0.329. The molecule has 23 heavy (non-hydrogen) atoms. The maximum atomic E-state index is 12.4. The lowest BCUT2D eigenvalue weighted by Crippen LogP contribution is -2.39. The third kappa shape index (κ3) is 4.47. The molecule has 1 aromatic rings. The summed E-state index contributed by atoms with van der Waals surface area (Å²) in [5.41, 5.74) is 2.42. The standard InChI is InChI=1S/C18H25NO4/c1-12(16(20)21)10-13-7-8-15-14(11-13)6-5-9-19(15)17(22)23-18(2,3)4/h7-8,11-12H,5-6,9-10H2,1-4H3,(H,20,21). The largest absolute Gasteiger partial charge is 0.481 e. The first-order valence-corrected chi connectivity index (χ1v) is 8.02. The molecule has 0 saturated heterocycles. The van der Waals surface area contributed by atoms with Crippen molar-refractivity contribution >= 4 is 17.7 Å². The molecule has 1 heterocycles. The second-order valence-electron chi connectivity index (χ2n) is 7.14. The van der Waals surface area contributed by atoms with E-state index in [-0.39, 0.29) is 6.09 Å². The molecule has 0 radical (unpaired) electrons. The Bertz CT molecular complexity index is 604. The molecule has 5 heteroatoms. The molecule has 0 aromatic heterocycles. The number of hydrogen-bond donors (Lipinski definition) is 1. The fourth-order valence-electron chi connectivity index (χ4n) is 2.72. The van der Waals surface area contributed by atoms with E-state index in [9.17, 15) is 9.59 Å². The van der Waals surface area contributed by atoms with E-state index >= 15 is 0 Å².